The van der Waals surface area contributed by atoms with Crippen LogP contribution < -0.4 is 5.56 Å². The number of Topliss-reactive ketones (excluding diaryl/α,β-unsaturated/α-hetero) is 1. The van der Waals surface area contributed by atoms with Crippen molar-refractivity contribution in [2.24, 2.45) is 5.41 Å². The molecule has 0 aromatic carbocycles. The molecule has 3 heterocycles. The van der Waals surface area contributed by atoms with E-state index in [9.17, 15) is 9.59 Å². The van der Waals surface area contributed by atoms with E-state index in [1.165, 1.54) is 0 Å². The lowest BCUT2D eigenvalue weighted by molar-refractivity contribution is 0.0911. The number of nitrogens with one attached hydrogen (secondary N) is 1. The monoisotopic (exact) mass is 427 g/mol. The van der Waals surface area contributed by atoms with Gasteiger partial charge in [0.1, 0.15) is 0 Å². The Morgan fingerprint density at radius 3 is 2.66 bits per heavy atom. The van der Waals surface area contributed by atoms with Crippen molar-refractivity contribution < 1.29 is 4.79 Å². The summed E-state index contributed by atoms with van der Waals surface area (Å²) in [4.78, 5) is 40.6. The van der Waals surface area contributed by atoms with Crippen LogP contribution in [0.15, 0.2) is 22.1 Å². The summed E-state index contributed by atoms with van der Waals surface area (Å²) in [5.74, 6) is 0.964. The van der Waals surface area contributed by atoms with Crippen molar-refractivity contribution in [3.8, 4) is 10.4 Å². The van der Waals surface area contributed by atoms with Crippen LogP contribution in [0, 0.1) is 12.3 Å². The van der Waals surface area contributed by atoms with Crippen LogP contribution in [0.5, 0.6) is 0 Å². The van der Waals surface area contributed by atoms with E-state index >= 15 is 0 Å². The lowest BCUT2D eigenvalue weighted by Gasteiger charge is -2.30. The summed E-state index contributed by atoms with van der Waals surface area (Å²) in [7, 11) is 0. The second kappa shape index (κ2) is 7.69. The molecule has 1 aliphatic rings. The molecule has 0 aliphatic heterocycles. The third-order valence-electron chi connectivity index (χ3n) is 5.20. The van der Waals surface area contributed by atoms with E-state index in [0.717, 1.165) is 34.0 Å². The Labute approximate surface area is 178 Å². The summed E-state index contributed by atoms with van der Waals surface area (Å²) in [6, 6.07) is 4.01. The largest absolute Gasteiger partial charge is 0.301 e. The van der Waals surface area contributed by atoms with Crippen LogP contribution in [0.3, 0.4) is 0 Å². The van der Waals surface area contributed by atoms with Gasteiger partial charge in [0.2, 0.25) is 0 Å². The summed E-state index contributed by atoms with van der Waals surface area (Å²) < 4.78 is 0. The highest BCUT2D eigenvalue weighted by Crippen LogP contribution is 2.42. The van der Waals surface area contributed by atoms with Crippen LogP contribution in [-0.2, 0) is 6.42 Å². The van der Waals surface area contributed by atoms with Crippen molar-refractivity contribution >= 4 is 39.9 Å². The van der Waals surface area contributed by atoms with Gasteiger partial charge in [0.15, 0.2) is 16.6 Å². The fourth-order valence-corrected chi connectivity index (χ4v) is 5.73. The zero-order valence-electron chi connectivity index (χ0n) is 17.2. The van der Waals surface area contributed by atoms with Crippen LogP contribution >= 0.6 is 23.1 Å². The summed E-state index contributed by atoms with van der Waals surface area (Å²) >= 11 is 3.14. The predicted octanol–water partition coefficient (Wildman–Crippen LogP) is 5.40. The Kier molecular flexibility index (Phi) is 5.38. The molecule has 4 rings (SSSR count). The molecule has 0 atom stereocenters. The van der Waals surface area contributed by atoms with Crippen molar-refractivity contribution in [2.45, 2.75) is 58.5 Å². The number of aryl methyl sites for hydroxylation is 1. The molecular formula is C22H25N3O2S2. The van der Waals surface area contributed by atoms with Gasteiger partial charge in [-0.2, -0.15) is 0 Å². The molecule has 3 aromatic rings. The molecule has 0 saturated carbocycles. The molecule has 0 saturated heterocycles. The third kappa shape index (κ3) is 3.90. The van der Waals surface area contributed by atoms with Gasteiger partial charge in [0, 0.05) is 33.1 Å². The quantitative estimate of drug-likeness (QED) is 0.335. The van der Waals surface area contributed by atoms with Crippen molar-refractivity contribution in [1.82, 2.24) is 15.0 Å². The highest BCUT2D eigenvalue weighted by atomic mass is 32.2. The van der Waals surface area contributed by atoms with E-state index in [0.29, 0.717) is 40.2 Å². The molecule has 3 aromatic heterocycles. The Morgan fingerprint density at radius 1 is 1.17 bits per heavy atom. The lowest BCUT2D eigenvalue weighted by atomic mass is 9.74. The number of thioether (sulfide) groups is 1. The summed E-state index contributed by atoms with van der Waals surface area (Å²) in [5.41, 5.74) is 2.16. The van der Waals surface area contributed by atoms with Crippen LogP contribution in [0.1, 0.15) is 61.0 Å². The van der Waals surface area contributed by atoms with Gasteiger partial charge in [-0.25, -0.2) is 9.97 Å². The smallest absolute Gasteiger partial charge is 0.261 e. The molecule has 1 N–H and O–H groups in total. The van der Waals surface area contributed by atoms with Gasteiger partial charge in [-0.3, -0.25) is 9.59 Å². The number of rotatable bonds is 5. The fourth-order valence-electron chi connectivity index (χ4n) is 3.86. The molecule has 152 valence electrons. The molecule has 0 bridgehead atoms. The Hall–Kier alpha value is -1.99. The van der Waals surface area contributed by atoms with E-state index in [1.54, 1.807) is 23.1 Å². The van der Waals surface area contributed by atoms with E-state index in [-0.39, 0.29) is 16.8 Å². The van der Waals surface area contributed by atoms with E-state index < -0.39 is 0 Å². The molecular weight excluding hydrogens is 402 g/mol. The molecule has 7 heteroatoms. The van der Waals surface area contributed by atoms with Crippen LogP contribution in [0.2, 0.25) is 0 Å². The zero-order valence-corrected chi connectivity index (χ0v) is 18.9. The highest BCUT2D eigenvalue weighted by Gasteiger charge is 2.36. The summed E-state index contributed by atoms with van der Waals surface area (Å²) in [6.45, 7) is 8.34. The minimum Gasteiger partial charge on any atom is -0.301 e. The van der Waals surface area contributed by atoms with Crippen LogP contribution in [-0.4, -0.2) is 26.5 Å². The van der Waals surface area contributed by atoms with Gasteiger partial charge in [0.05, 0.1) is 11.1 Å². The third-order valence-corrected chi connectivity index (χ3v) is 7.17. The number of nitrogens with zero attached hydrogens (tertiary/aromatic N) is 2. The topological polar surface area (TPSA) is 75.7 Å². The van der Waals surface area contributed by atoms with Gasteiger partial charge < -0.3 is 4.98 Å². The van der Waals surface area contributed by atoms with Crippen molar-refractivity contribution in [3.05, 3.63) is 38.6 Å². The minimum atomic E-state index is -0.219. The minimum absolute atomic E-state index is 0.0625. The second-order valence-corrected chi connectivity index (χ2v) is 10.8. The maximum Gasteiger partial charge on any atom is 0.261 e. The second-order valence-electron chi connectivity index (χ2n) is 8.43. The normalized spacial score (nSPS) is 15.7. The lowest BCUT2D eigenvalue weighted by Crippen LogP contribution is -2.29. The molecule has 0 unspecified atom stereocenters. The zero-order chi connectivity index (χ0) is 20.8. The Morgan fingerprint density at radius 2 is 1.97 bits per heavy atom. The Balaban J connectivity index is 2.00. The fraction of sp³-hybridized carbons (Fsp3) is 0.455. The van der Waals surface area contributed by atoms with E-state index in [2.05, 4.69) is 30.7 Å². The number of fused-ring (bicyclic) bond motifs is 2. The molecule has 0 fully saturated rings. The highest BCUT2D eigenvalue weighted by molar-refractivity contribution is 7.99. The van der Waals surface area contributed by atoms with Crippen molar-refractivity contribution in [3.63, 3.8) is 0 Å². The summed E-state index contributed by atoms with van der Waals surface area (Å²) in [5, 5.41) is 1.02. The summed E-state index contributed by atoms with van der Waals surface area (Å²) in [6.07, 6.45) is 3.32. The van der Waals surface area contributed by atoms with Gasteiger partial charge in [-0.05, 0) is 37.3 Å². The van der Waals surface area contributed by atoms with Crippen LogP contribution in [0.25, 0.3) is 21.5 Å². The average molecular weight is 428 g/mol. The van der Waals surface area contributed by atoms with Crippen LogP contribution in [0.4, 0.5) is 0 Å². The first-order chi connectivity index (χ1) is 13.8. The predicted molar refractivity (Wildman–Crippen MR) is 120 cm³/mol. The number of H-pyrrole nitrogens is 1. The molecule has 1 aliphatic carbocycles. The van der Waals surface area contributed by atoms with Gasteiger partial charge in [-0.15, -0.1) is 11.3 Å². The van der Waals surface area contributed by atoms with Gasteiger partial charge in [-0.1, -0.05) is 39.0 Å². The number of aromatic amines is 1. The number of hydrogen-bond acceptors (Lipinski definition) is 6. The number of aromatic nitrogens is 3. The number of ketones is 1. The van der Waals surface area contributed by atoms with Crippen molar-refractivity contribution in [2.75, 3.05) is 5.75 Å². The Bertz CT molecular complexity index is 1160. The standard InChI is InChI=1S/C22H25N3O2S2/c1-5-6-9-28-21-24-19-18(20(27)25-21)17(15-8-7-12(2)29-15)16-13(23-19)10-22(3,4)11-14(16)26/h7-8H,5-6,9-11H2,1-4H3,(H,23,24,25,27). The first-order valence-electron chi connectivity index (χ1n) is 9.99. The number of carbonyl (C=O) groups is 1. The maximum atomic E-state index is 13.1. The van der Waals surface area contributed by atoms with Crippen molar-refractivity contribution in [1.29, 1.82) is 0 Å². The maximum absolute atomic E-state index is 13.1. The number of unbranched alkanes of at least 4 members (excludes halogenated alkanes) is 1. The number of hydrogen-bond donors (Lipinski definition) is 1. The molecule has 29 heavy (non-hydrogen) atoms. The van der Waals surface area contributed by atoms with Gasteiger partial charge in [0.25, 0.3) is 5.56 Å². The first kappa shape index (κ1) is 20.3. The molecule has 0 spiro atoms. The molecule has 5 nitrogen and oxygen atoms in total. The number of pyridine rings is 1. The van der Waals surface area contributed by atoms with Gasteiger partial charge >= 0.3 is 0 Å². The molecule has 0 amide bonds. The average Bonchev–Trinajstić information content (AvgIpc) is 3.05. The number of carbonyl (C=O) groups excluding carboxylic acids is 1. The molecule has 0 radical (unpaired) electrons. The SMILES string of the molecule is CCCCSc1nc2nc3c(c(-c4ccc(C)s4)c2c(=O)[nH]1)C(=O)CC(C)(C)C3. The number of thiophene rings is 1. The first-order valence-corrected chi connectivity index (χ1v) is 11.8. The van der Waals surface area contributed by atoms with E-state index in [4.69, 9.17) is 4.98 Å². The van der Waals surface area contributed by atoms with E-state index in [1.807, 2.05) is 19.1 Å².